The van der Waals surface area contributed by atoms with Crippen molar-refractivity contribution in [3.63, 3.8) is 0 Å². The highest BCUT2D eigenvalue weighted by molar-refractivity contribution is 5.14. The lowest BCUT2D eigenvalue weighted by Gasteiger charge is -2.19. The maximum Gasteiger partial charge on any atom is 0.0642 e. The molecule has 0 atom stereocenters. The second-order valence-electron chi connectivity index (χ2n) is 6.07. The predicted octanol–water partition coefficient (Wildman–Crippen LogP) is 3.13. The summed E-state index contributed by atoms with van der Waals surface area (Å²) in [6.45, 7) is 10.3. The zero-order valence-corrected chi connectivity index (χ0v) is 12.3. The minimum atomic E-state index is 0.153. The molecule has 3 nitrogen and oxygen atoms in total. The van der Waals surface area contributed by atoms with E-state index in [9.17, 15) is 0 Å². The van der Waals surface area contributed by atoms with E-state index in [1.54, 1.807) is 0 Å². The molecular weight excluding hydrogens is 234 g/mol. The molecule has 0 saturated heterocycles. The first-order chi connectivity index (χ1) is 8.92. The molecule has 2 aromatic rings. The largest absolute Gasteiger partial charge is 0.348 e. The number of pyridine rings is 1. The van der Waals surface area contributed by atoms with Gasteiger partial charge in [0.05, 0.1) is 12.2 Å². The Bertz CT molecular complexity index is 535. The highest BCUT2D eigenvalue weighted by Gasteiger charge is 2.08. The van der Waals surface area contributed by atoms with Crippen LogP contribution in [-0.4, -0.2) is 15.1 Å². The lowest BCUT2D eigenvalue weighted by molar-refractivity contribution is 0.424. The molecule has 0 unspecified atom stereocenters. The standard InChI is InChI=1S/C16H23N3/c1-13-6-5-7-15(18-13)12-19-9-8-14(11-19)10-17-16(2,3)4/h5-9,11,17H,10,12H2,1-4H3. The third-order valence-corrected chi connectivity index (χ3v) is 2.93. The monoisotopic (exact) mass is 257 g/mol. The Morgan fingerprint density at radius 2 is 2.00 bits per heavy atom. The van der Waals surface area contributed by atoms with Crippen LogP contribution in [0.2, 0.25) is 0 Å². The Labute approximate surface area is 115 Å². The zero-order chi connectivity index (χ0) is 13.9. The van der Waals surface area contributed by atoms with Gasteiger partial charge in [0, 0.05) is 30.2 Å². The van der Waals surface area contributed by atoms with Crippen LogP contribution in [0.1, 0.15) is 37.7 Å². The Kier molecular flexibility index (Phi) is 4.05. The molecule has 1 N–H and O–H groups in total. The van der Waals surface area contributed by atoms with E-state index < -0.39 is 0 Å². The number of nitrogens with one attached hydrogen (secondary N) is 1. The van der Waals surface area contributed by atoms with Crippen LogP contribution in [0.25, 0.3) is 0 Å². The first-order valence-electron chi connectivity index (χ1n) is 6.75. The van der Waals surface area contributed by atoms with E-state index in [-0.39, 0.29) is 5.54 Å². The molecule has 0 fully saturated rings. The van der Waals surface area contributed by atoms with Crippen molar-refractivity contribution in [2.24, 2.45) is 0 Å². The summed E-state index contributed by atoms with van der Waals surface area (Å²) in [6, 6.07) is 8.32. The van der Waals surface area contributed by atoms with Crippen molar-refractivity contribution in [3.8, 4) is 0 Å². The average molecular weight is 257 g/mol. The van der Waals surface area contributed by atoms with Gasteiger partial charge in [0.2, 0.25) is 0 Å². The molecule has 19 heavy (non-hydrogen) atoms. The SMILES string of the molecule is Cc1cccc(Cn2ccc(CNC(C)(C)C)c2)n1. The highest BCUT2D eigenvalue weighted by Crippen LogP contribution is 2.07. The van der Waals surface area contributed by atoms with Gasteiger partial charge < -0.3 is 9.88 Å². The van der Waals surface area contributed by atoms with Gasteiger partial charge in [0.15, 0.2) is 0 Å². The zero-order valence-electron chi connectivity index (χ0n) is 12.3. The normalized spacial score (nSPS) is 11.8. The Hall–Kier alpha value is -1.61. The summed E-state index contributed by atoms with van der Waals surface area (Å²) in [5.41, 5.74) is 3.63. The van der Waals surface area contributed by atoms with Gasteiger partial charge in [-0.15, -0.1) is 0 Å². The number of aromatic nitrogens is 2. The fourth-order valence-corrected chi connectivity index (χ4v) is 1.94. The van der Waals surface area contributed by atoms with Gasteiger partial charge in [0.25, 0.3) is 0 Å². The third kappa shape index (κ3) is 4.52. The van der Waals surface area contributed by atoms with E-state index in [0.29, 0.717) is 0 Å². The highest BCUT2D eigenvalue weighted by atomic mass is 15.0. The average Bonchev–Trinajstić information content (AvgIpc) is 2.73. The van der Waals surface area contributed by atoms with Crippen LogP contribution in [0.4, 0.5) is 0 Å². The summed E-state index contributed by atoms with van der Waals surface area (Å²) in [5, 5.41) is 3.50. The quantitative estimate of drug-likeness (QED) is 0.912. The van der Waals surface area contributed by atoms with E-state index >= 15 is 0 Å². The summed E-state index contributed by atoms with van der Waals surface area (Å²) in [7, 11) is 0. The van der Waals surface area contributed by atoms with Crippen molar-refractivity contribution in [1.82, 2.24) is 14.9 Å². The molecular formula is C16H23N3. The van der Waals surface area contributed by atoms with Gasteiger partial charge >= 0.3 is 0 Å². The van der Waals surface area contributed by atoms with Gasteiger partial charge in [-0.05, 0) is 51.5 Å². The molecule has 0 aromatic carbocycles. The molecule has 0 bridgehead atoms. The van der Waals surface area contributed by atoms with Crippen molar-refractivity contribution in [3.05, 3.63) is 53.6 Å². The molecule has 0 radical (unpaired) electrons. The predicted molar refractivity (Wildman–Crippen MR) is 79.1 cm³/mol. The molecule has 0 aliphatic carbocycles. The number of hydrogen-bond acceptors (Lipinski definition) is 2. The second-order valence-corrected chi connectivity index (χ2v) is 6.07. The van der Waals surface area contributed by atoms with Crippen molar-refractivity contribution < 1.29 is 0 Å². The van der Waals surface area contributed by atoms with Crippen molar-refractivity contribution in [2.75, 3.05) is 0 Å². The van der Waals surface area contributed by atoms with Crippen LogP contribution in [0.3, 0.4) is 0 Å². The Morgan fingerprint density at radius 3 is 2.68 bits per heavy atom. The summed E-state index contributed by atoms with van der Waals surface area (Å²) in [5.74, 6) is 0. The lowest BCUT2D eigenvalue weighted by atomic mass is 10.1. The molecule has 0 aliphatic rings. The molecule has 2 rings (SSSR count). The Balaban J connectivity index is 1.97. The fraction of sp³-hybridized carbons (Fsp3) is 0.438. The van der Waals surface area contributed by atoms with Crippen LogP contribution in [-0.2, 0) is 13.1 Å². The van der Waals surface area contributed by atoms with Gasteiger partial charge in [-0.2, -0.15) is 0 Å². The number of rotatable bonds is 4. The molecule has 0 amide bonds. The molecule has 2 aromatic heterocycles. The number of nitrogens with zero attached hydrogens (tertiary/aromatic N) is 2. The number of hydrogen-bond donors (Lipinski definition) is 1. The van der Waals surface area contributed by atoms with E-state index in [2.05, 4.69) is 66.2 Å². The molecule has 3 heteroatoms. The van der Waals surface area contributed by atoms with E-state index in [1.807, 2.05) is 13.0 Å². The second kappa shape index (κ2) is 5.57. The minimum Gasteiger partial charge on any atom is -0.348 e. The summed E-state index contributed by atoms with van der Waals surface area (Å²) in [6.07, 6.45) is 4.30. The first kappa shape index (κ1) is 13.8. The smallest absolute Gasteiger partial charge is 0.0642 e. The van der Waals surface area contributed by atoms with Crippen LogP contribution in [0.5, 0.6) is 0 Å². The summed E-state index contributed by atoms with van der Waals surface area (Å²) >= 11 is 0. The van der Waals surface area contributed by atoms with Gasteiger partial charge in [-0.25, -0.2) is 0 Å². The maximum absolute atomic E-state index is 4.53. The van der Waals surface area contributed by atoms with Crippen molar-refractivity contribution in [2.45, 2.75) is 46.3 Å². The van der Waals surface area contributed by atoms with Gasteiger partial charge in [-0.3, -0.25) is 4.98 Å². The topological polar surface area (TPSA) is 29.9 Å². The molecule has 102 valence electrons. The third-order valence-electron chi connectivity index (χ3n) is 2.93. The first-order valence-corrected chi connectivity index (χ1v) is 6.75. The molecule has 0 spiro atoms. The summed E-state index contributed by atoms with van der Waals surface area (Å²) < 4.78 is 2.18. The summed E-state index contributed by atoms with van der Waals surface area (Å²) in [4.78, 5) is 4.53. The lowest BCUT2D eigenvalue weighted by Crippen LogP contribution is -2.34. The molecule has 2 heterocycles. The van der Waals surface area contributed by atoms with Gasteiger partial charge in [0.1, 0.15) is 0 Å². The fourth-order valence-electron chi connectivity index (χ4n) is 1.94. The molecule has 0 saturated carbocycles. The van der Waals surface area contributed by atoms with Gasteiger partial charge in [-0.1, -0.05) is 6.07 Å². The number of aryl methyl sites for hydroxylation is 1. The maximum atomic E-state index is 4.53. The van der Waals surface area contributed by atoms with Crippen molar-refractivity contribution in [1.29, 1.82) is 0 Å². The molecule has 0 aliphatic heterocycles. The van der Waals surface area contributed by atoms with Crippen LogP contribution in [0.15, 0.2) is 36.7 Å². The van der Waals surface area contributed by atoms with Crippen LogP contribution >= 0.6 is 0 Å². The minimum absolute atomic E-state index is 0.153. The van der Waals surface area contributed by atoms with E-state index in [1.165, 1.54) is 5.56 Å². The van der Waals surface area contributed by atoms with Crippen molar-refractivity contribution >= 4 is 0 Å². The Morgan fingerprint density at radius 1 is 1.21 bits per heavy atom. The van der Waals surface area contributed by atoms with Crippen LogP contribution in [0, 0.1) is 6.92 Å². The van der Waals surface area contributed by atoms with E-state index in [0.717, 1.165) is 24.5 Å². The van der Waals surface area contributed by atoms with Crippen LogP contribution < -0.4 is 5.32 Å². The van der Waals surface area contributed by atoms with E-state index in [4.69, 9.17) is 0 Å².